The fraction of sp³-hybridized carbons (Fsp3) is 0.136. The van der Waals surface area contributed by atoms with Crippen LogP contribution in [0.25, 0.3) is 10.9 Å². The summed E-state index contributed by atoms with van der Waals surface area (Å²) in [4.78, 5) is 23.8. The Morgan fingerprint density at radius 2 is 2.12 bits per heavy atom. The Labute approximate surface area is 182 Å². The molecule has 32 heavy (non-hydrogen) atoms. The molecule has 0 aliphatic carbocycles. The number of hydrogen-bond acceptors (Lipinski definition) is 8. The van der Waals surface area contributed by atoms with Gasteiger partial charge in [0.15, 0.2) is 0 Å². The molecule has 10 nitrogen and oxygen atoms in total. The molecule has 1 aliphatic rings. The van der Waals surface area contributed by atoms with E-state index in [1.54, 1.807) is 6.07 Å². The molecule has 10 heteroatoms. The van der Waals surface area contributed by atoms with Crippen molar-refractivity contribution in [3.05, 3.63) is 60.4 Å². The summed E-state index contributed by atoms with van der Waals surface area (Å²) in [5, 5.41) is 20.2. The number of H-pyrrole nitrogens is 1. The van der Waals surface area contributed by atoms with Crippen LogP contribution in [0.1, 0.15) is 10.4 Å². The first-order valence-electron chi connectivity index (χ1n) is 10.0. The van der Waals surface area contributed by atoms with Gasteiger partial charge in [-0.15, -0.1) is 0 Å². The van der Waals surface area contributed by atoms with Crippen LogP contribution in [0.5, 0.6) is 5.75 Å². The Hall–Kier alpha value is -4.31. The number of aliphatic hydroxyl groups is 1. The minimum atomic E-state index is -0.634. The number of benzene rings is 2. The number of anilines is 5. The highest BCUT2D eigenvalue weighted by molar-refractivity contribution is 6.00. The zero-order valence-electron chi connectivity index (χ0n) is 16.9. The Morgan fingerprint density at radius 1 is 1.22 bits per heavy atom. The molecule has 1 amide bonds. The van der Waals surface area contributed by atoms with E-state index in [1.165, 1.54) is 6.20 Å². The summed E-state index contributed by atoms with van der Waals surface area (Å²) in [5.41, 5.74) is 8.90. The van der Waals surface area contributed by atoms with Crippen LogP contribution < -0.4 is 26.4 Å². The third kappa shape index (κ3) is 3.86. The number of hydrogen-bond donors (Lipinski definition) is 6. The van der Waals surface area contributed by atoms with Gasteiger partial charge in [-0.25, -0.2) is 4.98 Å². The molecule has 7 N–H and O–H groups in total. The summed E-state index contributed by atoms with van der Waals surface area (Å²) in [6.07, 6.45) is 2.65. The number of fused-ring (bicyclic) bond motifs is 2. The van der Waals surface area contributed by atoms with Gasteiger partial charge in [-0.2, -0.15) is 4.98 Å². The van der Waals surface area contributed by atoms with Crippen LogP contribution in [0.15, 0.2) is 54.9 Å². The van der Waals surface area contributed by atoms with Crippen LogP contribution in [0.3, 0.4) is 0 Å². The quantitative estimate of drug-likeness (QED) is 0.282. The summed E-state index contributed by atoms with van der Waals surface area (Å²) in [6, 6.07) is 13.1. The second-order valence-corrected chi connectivity index (χ2v) is 7.37. The lowest BCUT2D eigenvalue weighted by molar-refractivity contribution is 0.100. The summed E-state index contributed by atoms with van der Waals surface area (Å²) < 4.78 is 5.59. The van der Waals surface area contributed by atoms with Gasteiger partial charge in [0.1, 0.15) is 29.8 Å². The fourth-order valence-electron chi connectivity index (χ4n) is 3.51. The van der Waals surface area contributed by atoms with E-state index in [4.69, 9.17) is 10.5 Å². The number of nitrogens with two attached hydrogens (primary N) is 1. The van der Waals surface area contributed by atoms with Crippen molar-refractivity contribution >= 4 is 45.6 Å². The molecule has 162 valence electrons. The van der Waals surface area contributed by atoms with Crippen LogP contribution in [0.2, 0.25) is 0 Å². The molecule has 1 atom stereocenters. The van der Waals surface area contributed by atoms with Crippen molar-refractivity contribution < 1.29 is 14.6 Å². The van der Waals surface area contributed by atoms with Crippen molar-refractivity contribution in [2.75, 3.05) is 29.1 Å². The number of ether oxygens (including phenoxy) is 1. The summed E-state index contributed by atoms with van der Waals surface area (Å²) in [6.45, 7) is 0.617. The Morgan fingerprint density at radius 3 is 3.00 bits per heavy atom. The number of aromatic nitrogens is 3. The summed E-state index contributed by atoms with van der Waals surface area (Å²) in [7, 11) is 0. The molecule has 0 saturated heterocycles. The van der Waals surface area contributed by atoms with Crippen molar-refractivity contribution in [2.24, 2.45) is 5.73 Å². The predicted octanol–water partition coefficient (Wildman–Crippen LogP) is 2.71. The number of rotatable bonds is 5. The van der Waals surface area contributed by atoms with E-state index >= 15 is 0 Å². The molecule has 2 aromatic heterocycles. The highest BCUT2D eigenvalue weighted by Crippen LogP contribution is 2.31. The fourth-order valence-corrected chi connectivity index (χ4v) is 3.51. The number of carbonyl (C=O) groups is 1. The minimum absolute atomic E-state index is 0.175. The molecular formula is C22H21N7O3. The van der Waals surface area contributed by atoms with Crippen LogP contribution in [0, 0.1) is 0 Å². The molecule has 0 unspecified atom stereocenters. The van der Waals surface area contributed by atoms with Crippen LogP contribution in [-0.4, -0.2) is 45.2 Å². The Kier molecular flexibility index (Phi) is 4.96. The molecule has 3 heterocycles. The number of carbonyl (C=O) groups excluding carboxylic acids is 1. The number of amides is 1. The SMILES string of the molecule is NC(=O)c1cnc(Nc2ccc3c(c2)NC[C@H](O)CO3)nc1Nc1cccc2[nH]ccc12. The molecule has 0 bridgehead atoms. The number of nitrogens with zero attached hydrogens (tertiary/aromatic N) is 2. The van der Waals surface area contributed by atoms with Gasteiger partial charge in [0.2, 0.25) is 5.95 Å². The smallest absolute Gasteiger partial charge is 0.254 e. The number of aliphatic hydroxyl groups excluding tert-OH is 1. The maximum Gasteiger partial charge on any atom is 0.254 e. The van der Waals surface area contributed by atoms with Crippen molar-refractivity contribution in [1.29, 1.82) is 0 Å². The predicted molar refractivity (Wildman–Crippen MR) is 122 cm³/mol. The maximum atomic E-state index is 11.9. The van der Waals surface area contributed by atoms with Gasteiger partial charge in [0, 0.05) is 41.2 Å². The highest BCUT2D eigenvalue weighted by atomic mass is 16.5. The van der Waals surface area contributed by atoms with E-state index < -0.39 is 12.0 Å². The van der Waals surface area contributed by atoms with E-state index in [-0.39, 0.29) is 18.1 Å². The highest BCUT2D eigenvalue weighted by Gasteiger charge is 2.16. The number of β-amino-alcohol motifs (C(OH)–C–C–N with tert-alkyl or cyclic N) is 1. The lowest BCUT2D eigenvalue weighted by Gasteiger charge is -2.13. The molecule has 0 saturated carbocycles. The van der Waals surface area contributed by atoms with Gasteiger partial charge in [0.05, 0.1) is 5.69 Å². The van der Waals surface area contributed by atoms with Gasteiger partial charge >= 0.3 is 0 Å². The first-order valence-corrected chi connectivity index (χ1v) is 10.0. The molecule has 0 radical (unpaired) electrons. The van der Waals surface area contributed by atoms with Crippen LogP contribution in [-0.2, 0) is 0 Å². The van der Waals surface area contributed by atoms with Crippen molar-refractivity contribution in [1.82, 2.24) is 15.0 Å². The van der Waals surface area contributed by atoms with Gasteiger partial charge in [0.25, 0.3) is 5.91 Å². The van der Waals surface area contributed by atoms with E-state index in [2.05, 4.69) is 30.9 Å². The Bertz CT molecular complexity index is 1300. The molecule has 0 fully saturated rings. The largest absolute Gasteiger partial charge is 0.489 e. The first-order chi connectivity index (χ1) is 15.6. The number of aromatic amines is 1. The van der Waals surface area contributed by atoms with Gasteiger partial charge in [-0.1, -0.05) is 6.07 Å². The van der Waals surface area contributed by atoms with E-state index in [9.17, 15) is 9.90 Å². The van der Waals surface area contributed by atoms with Crippen molar-refractivity contribution in [2.45, 2.75) is 6.10 Å². The lowest BCUT2D eigenvalue weighted by atomic mass is 10.2. The molecule has 5 rings (SSSR count). The average Bonchev–Trinajstić information content (AvgIpc) is 3.19. The molecule has 1 aliphatic heterocycles. The maximum absolute atomic E-state index is 11.9. The van der Waals surface area contributed by atoms with Crippen LogP contribution >= 0.6 is 0 Å². The van der Waals surface area contributed by atoms with Gasteiger partial charge < -0.3 is 36.5 Å². The van der Waals surface area contributed by atoms with Gasteiger partial charge in [-0.05, 0) is 36.4 Å². The van der Waals surface area contributed by atoms with Crippen molar-refractivity contribution in [3.63, 3.8) is 0 Å². The zero-order chi connectivity index (χ0) is 22.1. The second kappa shape index (κ2) is 8.08. The van der Waals surface area contributed by atoms with E-state index in [0.717, 1.165) is 22.3 Å². The summed E-state index contributed by atoms with van der Waals surface area (Å²) in [5.74, 6) is 0.598. The first kappa shape index (κ1) is 19.6. The van der Waals surface area contributed by atoms with Crippen molar-refractivity contribution in [3.8, 4) is 5.75 Å². The minimum Gasteiger partial charge on any atom is -0.489 e. The topological polar surface area (TPSA) is 150 Å². The lowest BCUT2D eigenvalue weighted by Crippen LogP contribution is -2.23. The van der Waals surface area contributed by atoms with Crippen LogP contribution in [0.4, 0.5) is 28.8 Å². The second-order valence-electron chi connectivity index (χ2n) is 7.37. The third-order valence-corrected chi connectivity index (χ3v) is 5.10. The van der Waals surface area contributed by atoms with E-state index in [0.29, 0.717) is 23.8 Å². The standard InChI is InChI=1S/C22H21N7O3/c23-20(31)15-10-26-22(27-12-4-5-19-18(8-12)25-9-13(30)11-32-19)29-21(15)28-17-3-1-2-16-14(17)6-7-24-16/h1-8,10,13,24-25,30H,9,11H2,(H2,23,31)(H2,26,27,28,29)/t13-/m0/s1. The average molecular weight is 431 g/mol. The number of primary amides is 1. The van der Waals surface area contributed by atoms with Gasteiger partial charge in [-0.3, -0.25) is 4.79 Å². The number of nitrogens with one attached hydrogen (secondary N) is 4. The molecule has 2 aromatic carbocycles. The zero-order valence-corrected chi connectivity index (χ0v) is 16.9. The normalized spacial score (nSPS) is 15.2. The molecular weight excluding hydrogens is 410 g/mol. The summed E-state index contributed by atoms with van der Waals surface area (Å²) >= 11 is 0. The molecule has 0 spiro atoms. The third-order valence-electron chi connectivity index (χ3n) is 5.10. The molecule has 4 aromatic rings. The monoisotopic (exact) mass is 431 g/mol. The van der Waals surface area contributed by atoms with E-state index in [1.807, 2.05) is 42.6 Å². The Balaban J connectivity index is 1.45.